The van der Waals surface area contributed by atoms with E-state index in [-0.39, 0.29) is 5.69 Å². The molecule has 13 nitrogen and oxygen atoms in total. The number of nitro benzene ring substituents is 2. The van der Waals surface area contributed by atoms with Crippen molar-refractivity contribution in [2.75, 3.05) is 33.9 Å². The van der Waals surface area contributed by atoms with Crippen molar-refractivity contribution in [3.63, 3.8) is 0 Å². The summed E-state index contributed by atoms with van der Waals surface area (Å²) in [7, 11) is 5.90. The van der Waals surface area contributed by atoms with Crippen LogP contribution in [-0.4, -0.2) is 75.2 Å². The molecule has 13 heteroatoms. The fraction of sp³-hybridized carbons (Fsp3) is 0.562. The number of nitrogens with one attached hydrogen (secondary N) is 1. The van der Waals surface area contributed by atoms with Crippen LogP contribution in [0.3, 0.4) is 0 Å². The van der Waals surface area contributed by atoms with Crippen LogP contribution in [-0.2, 0) is 23.7 Å². The van der Waals surface area contributed by atoms with Gasteiger partial charge in [0.1, 0.15) is 30.1 Å². The Morgan fingerprint density at radius 3 is 2.17 bits per heavy atom. The molecular weight excluding hydrogens is 392 g/mol. The average molecular weight is 414 g/mol. The molecule has 1 fully saturated rings. The van der Waals surface area contributed by atoms with Crippen molar-refractivity contribution in [3.8, 4) is 0 Å². The van der Waals surface area contributed by atoms with Crippen molar-refractivity contribution in [2.45, 2.75) is 30.7 Å². The van der Waals surface area contributed by atoms with E-state index in [4.69, 9.17) is 23.7 Å². The standard InChI is InChI=1S/C16H22N4O9/c1-25-13-12(29-16(28-4)15(27-3)14(13)26-2)8-17-18-10-6-5-9(19(21)22)7-11(10)20(23)24/h5-8,12-16,18H,1-4H3/b17-8+. The lowest BCUT2D eigenvalue weighted by Crippen LogP contribution is -2.60. The Kier molecular flexibility index (Phi) is 7.92. The number of ether oxygens (including phenoxy) is 5. The van der Waals surface area contributed by atoms with Gasteiger partial charge in [0.2, 0.25) is 0 Å². The molecule has 1 aromatic carbocycles. The first-order valence-corrected chi connectivity index (χ1v) is 8.36. The van der Waals surface area contributed by atoms with Gasteiger partial charge in [-0.1, -0.05) is 0 Å². The maximum absolute atomic E-state index is 11.2. The zero-order valence-electron chi connectivity index (χ0n) is 16.2. The molecule has 0 saturated carbocycles. The van der Waals surface area contributed by atoms with Crippen LogP contribution in [0.4, 0.5) is 17.1 Å². The van der Waals surface area contributed by atoms with Crippen LogP contribution >= 0.6 is 0 Å². The predicted molar refractivity (Wildman–Crippen MR) is 99.9 cm³/mol. The van der Waals surface area contributed by atoms with Gasteiger partial charge in [0, 0.05) is 34.5 Å². The van der Waals surface area contributed by atoms with Gasteiger partial charge in [0.05, 0.1) is 22.1 Å². The van der Waals surface area contributed by atoms with Crippen molar-refractivity contribution in [2.24, 2.45) is 5.10 Å². The minimum Gasteiger partial charge on any atom is -0.376 e. The van der Waals surface area contributed by atoms with Crippen molar-refractivity contribution in [1.82, 2.24) is 0 Å². The van der Waals surface area contributed by atoms with Gasteiger partial charge in [-0.2, -0.15) is 5.10 Å². The van der Waals surface area contributed by atoms with Gasteiger partial charge in [-0.05, 0) is 6.07 Å². The minimum absolute atomic E-state index is 0.0250. The van der Waals surface area contributed by atoms with E-state index in [1.807, 2.05) is 0 Å². The van der Waals surface area contributed by atoms with Gasteiger partial charge in [-0.25, -0.2) is 0 Å². The molecule has 0 aromatic heterocycles. The molecule has 1 N–H and O–H groups in total. The van der Waals surface area contributed by atoms with E-state index in [1.165, 1.54) is 40.7 Å². The van der Waals surface area contributed by atoms with Gasteiger partial charge < -0.3 is 23.7 Å². The van der Waals surface area contributed by atoms with E-state index in [1.54, 1.807) is 0 Å². The van der Waals surface area contributed by atoms with Crippen molar-refractivity contribution in [3.05, 3.63) is 38.4 Å². The van der Waals surface area contributed by atoms with E-state index < -0.39 is 51.9 Å². The van der Waals surface area contributed by atoms with Crippen LogP contribution in [0.5, 0.6) is 0 Å². The van der Waals surface area contributed by atoms with Gasteiger partial charge in [0.25, 0.3) is 5.69 Å². The second-order valence-electron chi connectivity index (χ2n) is 5.91. The van der Waals surface area contributed by atoms with Gasteiger partial charge in [-0.3, -0.25) is 25.7 Å². The monoisotopic (exact) mass is 414 g/mol. The highest BCUT2D eigenvalue weighted by Gasteiger charge is 2.46. The average Bonchev–Trinajstić information content (AvgIpc) is 2.72. The number of hydrazone groups is 1. The smallest absolute Gasteiger partial charge is 0.301 e. The van der Waals surface area contributed by atoms with Gasteiger partial charge in [-0.15, -0.1) is 0 Å². The molecule has 160 valence electrons. The van der Waals surface area contributed by atoms with E-state index in [9.17, 15) is 20.2 Å². The molecule has 29 heavy (non-hydrogen) atoms. The third-order valence-electron chi connectivity index (χ3n) is 4.38. The van der Waals surface area contributed by atoms with E-state index in [0.29, 0.717) is 0 Å². The summed E-state index contributed by atoms with van der Waals surface area (Å²) >= 11 is 0. The fourth-order valence-electron chi connectivity index (χ4n) is 2.99. The fourth-order valence-corrected chi connectivity index (χ4v) is 2.99. The highest BCUT2D eigenvalue weighted by atomic mass is 16.7. The molecule has 1 aliphatic heterocycles. The Bertz CT molecular complexity index is 760. The molecular formula is C16H22N4O9. The maximum atomic E-state index is 11.2. The Morgan fingerprint density at radius 2 is 1.66 bits per heavy atom. The lowest BCUT2D eigenvalue weighted by Gasteiger charge is -2.43. The van der Waals surface area contributed by atoms with Crippen LogP contribution in [0, 0.1) is 20.2 Å². The third kappa shape index (κ3) is 5.02. The number of anilines is 1. The number of non-ortho nitro benzene ring substituents is 1. The summed E-state index contributed by atoms with van der Waals surface area (Å²) in [5.41, 5.74) is 1.58. The van der Waals surface area contributed by atoms with Gasteiger partial charge in [0.15, 0.2) is 6.29 Å². The number of benzene rings is 1. The molecule has 0 bridgehead atoms. The minimum atomic E-state index is -0.762. The van der Waals surface area contributed by atoms with Crippen molar-refractivity contribution in [1.29, 1.82) is 0 Å². The summed E-state index contributed by atoms with van der Waals surface area (Å²) < 4.78 is 27.4. The molecule has 0 aliphatic carbocycles. The Morgan fingerprint density at radius 1 is 1.00 bits per heavy atom. The van der Waals surface area contributed by atoms with Crippen LogP contribution in [0.25, 0.3) is 0 Å². The maximum Gasteiger partial charge on any atom is 0.301 e. The first-order valence-electron chi connectivity index (χ1n) is 8.36. The van der Waals surface area contributed by atoms with Crippen molar-refractivity contribution >= 4 is 23.3 Å². The van der Waals surface area contributed by atoms with E-state index >= 15 is 0 Å². The normalized spacial score (nSPS) is 27.1. The van der Waals surface area contributed by atoms with Crippen LogP contribution in [0.1, 0.15) is 0 Å². The van der Waals surface area contributed by atoms with Crippen LogP contribution < -0.4 is 5.43 Å². The molecule has 5 atom stereocenters. The topological polar surface area (TPSA) is 157 Å². The zero-order valence-corrected chi connectivity index (χ0v) is 16.2. The zero-order chi connectivity index (χ0) is 21.6. The van der Waals surface area contributed by atoms with E-state index in [2.05, 4.69) is 10.5 Å². The second-order valence-corrected chi connectivity index (χ2v) is 5.91. The summed E-state index contributed by atoms with van der Waals surface area (Å²) in [5, 5.41) is 26.0. The molecule has 0 amide bonds. The summed E-state index contributed by atoms with van der Waals surface area (Å²) in [6.07, 6.45) is -1.85. The van der Waals surface area contributed by atoms with E-state index in [0.717, 1.165) is 12.1 Å². The predicted octanol–water partition coefficient (Wildman–Crippen LogP) is 1.32. The number of hydrogen-bond donors (Lipinski definition) is 1. The highest BCUT2D eigenvalue weighted by Crippen LogP contribution is 2.29. The number of nitro groups is 2. The lowest BCUT2D eigenvalue weighted by atomic mass is 9.99. The molecule has 1 heterocycles. The SMILES string of the molecule is COC1OC(/C=N/Nc2ccc([N+](=O)[O-])cc2[N+](=O)[O-])C(OC)C(OC)C1OC. The molecule has 0 spiro atoms. The first kappa shape index (κ1) is 22.6. The number of hydrogen-bond acceptors (Lipinski definition) is 11. The summed E-state index contributed by atoms with van der Waals surface area (Å²) in [6.45, 7) is 0. The largest absolute Gasteiger partial charge is 0.376 e. The summed E-state index contributed by atoms with van der Waals surface area (Å²) in [6, 6.07) is 3.17. The Hall–Kier alpha value is -2.71. The number of nitrogens with zero attached hydrogens (tertiary/aromatic N) is 3. The van der Waals surface area contributed by atoms with Crippen LogP contribution in [0.15, 0.2) is 23.3 Å². The van der Waals surface area contributed by atoms with Gasteiger partial charge >= 0.3 is 5.69 Å². The first-order chi connectivity index (χ1) is 13.9. The molecule has 1 aliphatic rings. The molecule has 5 unspecified atom stereocenters. The third-order valence-corrected chi connectivity index (χ3v) is 4.38. The molecule has 0 radical (unpaired) electrons. The van der Waals surface area contributed by atoms with Crippen LogP contribution in [0.2, 0.25) is 0 Å². The summed E-state index contributed by atoms with van der Waals surface area (Å²) in [5.74, 6) is 0. The molecule has 2 rings (SSSR count). The lowest BCUT2D eigenvalue weighted by molar-refractivity contribution is -0.393. The van der Waals surface area contributed by atoms with Crippen molar-refractivity contribution < 1.29 is 33.5 Å². The number of methoxy groups -OCH3 is 4. The Balaban J connectivity index is 2.22. The molecule has 1 saturated heterocycles. The number of rotatable bonds is 9. The second kappa shape index (κ2) is 10.2. The highest BCUT2D eigenvalue weighted by molar-refractivity contribution is 5.69. The molecule has 1 aromatic rings. The Labute approximate surface area is 165 Å². The quantitative estimate of drug-likeness (QED) is 0.355. The summed E-state index contributed by atoms with van der Waals surface area (Å²) in [4.78, 5) is 20.5.